The molecule has 2 aromatic carbocycles. The highest BCUT2D eigenvalue weighted by atomic mass is 19.4. The Labute approximate surface area is 344 Å². The number of likely N-dealkylation sites (tertiary alicyclic amines) is 1. The van der Waals surface area contributed by atoms with E-state index < -0.39 is 47.0 Å². The fourth-order valence-corrected chi connectivity index (χ4v) is 9.11. The lowest BCUT2D eigenvalue weighted by Crippen LogP contribution is -2.60. The molecule has 5 aliphatic heterocycles. The lowest BCUT2D eigenvalue weighted by atomic mass is 9.80. The molecule has 1 unspecified atom stereocenters. The number of piperidine rings is 3. The van der Waals surface area contributed by atoms with Crippen LogP contribution in [0.5, 0.6) is 5.75 Å². The average Bonchev–Trinajstić information content (AvgIpc) is 3.47. The van der Waals surface area contributed by atoms with Gasteiger partial charge in [-0.15, -0.1) is 0 Å². The monoisotopic (exact) mass is 826 g/mol. The number of benzene rings is 2. The first-order valence-electron chi connectivity index (χ1n) is 20.3. The van der Waals surface area contributed by atoms with Crippen molar-refractivity contribution in [1.29, 1.82) is 5.26 Å². The predicted octanol–water partition coefficient (Wildman–Crippen LogP) is 4.85. The number of anilines is 3. The van der Waals surface area contributed by atoms with E-state index in [1.165, 1.54) is 12.1 Å². The Hall–Kier alpha value is -6.02. The third-order valence-corrected chi connectivity index (χ3v) is 12.4. The fraction of sp³-hybridized carbons (Fsp3) is 0.465. The van der Waals surface area contributed by atoms with Crippen molar-refractivity contribution in [2.75, 3.05) is 67.5 Å². The summed E-state index contributed by atoms with van der Waals surface area (Å²) in [4.78, 5) is 75.2. The first kappa shape index (κ1) is 40.7. The van der Waals surface area contributed by atoms with Crippen LogP contribution in [-0.4, -0.2) is 103 Å². The van der Waals surface area contributed by atoms with E-state index in [1.807, 2.05) is 6.07 Å². The summed E-state index contributed by atoms with van der Waals surface area (Å²) in [5, 5.41) is 14.2. The lowest BCUT2D eigenvalue weighted by Gasteiger charge is -2.52. The Kier molecular flexibility index (Phi) is 11.0. The molecule has 4 saturated heterocycles. The Morgan fingerprint density at radius 2 is 1.62 bits per heavy atom. The summed E-state index contributed by atoms with van der Waals surface area (Å²) < 4.78 is 46.4. The average molecular weight is 827 g/mol. The van der Waals surface area contributed by atoms with Crippen molar-refractivity contribution in [3.05, 3.63) is 77.0 Å². The van der Waals surface area contributed by atoms with Crippen LogP contribution in [0.2, 0.25) is 0 Å². The number of amides is 5. The minimum absolute atomic E-state index is 0.0530. The van der Waals surface area contributed by atoms with Crippen molar-refractivity contribution >= 4 is 46.7 Å². The number of aromatic nitrogens is 1. The van der Waals surface area contributed by atoms with Gasteiger partial charge in [-0.3, -0.25) is 34.2 Å². The van der Waals surface area contributed by atoms with Crippen molar-refractivity contribution in [3.63, 3.8) is 0 Å². The number of carbonyl (C=O) groups excluding carboxylic acids is 5. The first-order valence-corrected chi connectivity index (χ1v) is 20.3. The molecule has 5 aliphatic rings. The molecule has 4 fully saturated rings. The molecule has 1 aromatic heterocycles. The van der Waals surface area contributed by atoms with E-state index in [2.05, 4.69) is 32.3 Å². The number of rotatable bonds is 10. The summed E-state index contributed by atoms with van der Waals surface area (Å²) in [6.45, 7) is 8.02. The zero-order valence-electron chi connectivity index (χ0n) is 33.1. The normalized spacial score (nSPS) is 21.3. The largest absolute Gasteiger partial charge is 0.492 e. The van der Waals surface area contributed by atoms with Crippen LogP contribution in [0.3, 0.4) is 0 Å². The molecule has 0 radical (unpaired) electrons. The number of hydrogen-bond donors (Lipinski definition) is 2. The van der Waals surface area contributed by atoms with Crippen LogP contribution in [0.1, 0.15) is 77.3 Å². The fourth-order valence-electron chi connectivity index (χ4n) is 9.11. The van der Waals surface area contributed by atoms with Gasteiger partial charge >= 0.3 is 6.18 Å². The number of nitrogens with one attached hydrogen (secondary N) is 2. The standard InChI is InChI=1S/C43H45F3N8O6/c1-42(24-53(25-42)29-4-6-32-33(18-29)41(59)54(40(32)58)35-7-9-37(55)50-39(35)57)23-51-14-10-26(11-15-51)22-60-31-5-8-36(48-21-31)49-38(56)27-12-16-52(17-13-27)30-3-2-28(20-47)34(19-30)43(44,45)46/h2-6,8,18-19,21,26-27,35H,7,9-17,22-25H2,1H3,(H,48,49,56)(H,50,55,57). The van der Waals surface area contributed by atoms with Crippen LogP contribution in [-0.2, 0) is 20.6 Å². The zero-order chi connectivity index (χ0) is 42.3. The molecule has 0 bridgehead atoms. The number of imide groups is 2. The van der Waals surface area contributed by atoms with E-state index in [0.717, 1.165) is 62.2 Å². The lowest BCUT2D eigenvalue weighted by molar-refractivity contribution is -0.138. The number of alkyl halides is 3. The van der Waals surface area contributed by atoms with Gasteiger partial charge in [0.15, 0.2) is 0 Å². The van der Waals surface area contributed by atoms with Gasteiger partial charge in [-0.25, -0.2) is 4.98 Å². The summed E-state index contributed by atoms with van der Waals surface area (Å²) in [5.41, 5.74) is 0.450. The quantitative estimate of drug-likeness (QED) is 0.269. The molecule has 60 heavy (non-hydrogen) atoms. The smallest absolute Gasteiger partial charge is 0.417 e. The summed E-state index contributed by atoms with van der Waals surface area (Å²) in [5.74, 6) is -1.19. The number of fused-ring (bicyclic) bond motifs is 1. The predicted molar refractivity (Wildman–Crippen MR) is 212 cm³/mol. The number of ether oxygens (including phenoxy) is 1. The van der Waals surface area contributed by atoms with Crippen LogP contribution in [0.25, 0.3) is 0 Å². The molecule has 2 N–H and O–H groups in total. The minimum Gasteiger partial charge on any atom is -0.492 e. The number of nitrogens with zero attached hydrogens (tertiary/aromatic N) is 6. The van der Waals surface area contributed by atoms with Crippen molar-refractivity contribution in [2.24, 2.45) is 17.3 Å². The SMILES string of the molecule is CC1(CN2CCC(COc3ccc(NC(=O)C4CCN(c5ccc(C#N)c(C(F)(F)F)c5)CC4)nc3)CC2)CN(c2ccc3c(c2)C(=O)N(C2CCC(=O)NC2=O)C3=O)C1. The highest BCUT2D eigenvalue weighted by Crippen LogP contribution is 2.39. The summed E-state index contributed by atoms with van der Waals surface area (Å²) in [6.07, 6.45) is 0.0386. The number of hydrogen-bond acceptors (Lipinski definition) is 11. The molecule has 0 saturated carbocycles. The minimum atomic E-state index is -4.63. The highest BCUT2D eigenvalue weighted by Gasteiger charge is 2.46. The van der Waals surface area contributed by atoms with Gasteiger partial charge in [-0.1, -0.05) is 6.92 Å². The number of carbonyl (C=O) groups is 5. The van der Waals surface area contributed by atoms with Crippen molar-refractivity contribution in [1.82, 2.24) is 20.1 Å². The van der Waals surface area contributed by atoms with E-state index in [9.17, 15) is 37.1 Å². The Balaban J connectivity index is 0.743. The van der Waals surface area contributed by atoms with Crippen LogP contribution in [0.15, 0.2) is 54.7 Å². The van der Waals surface area contributed by atoms with E-state index in [-0.39, 0.29) is 41.2 Å². The van der Waals surface area contributed by atoms with Crippen molar-refractivity contribution in [2.45, 2.75) is 57.7 Å². The van der Waals surface area contributed by atoms with Gasteiger partial charge in [-0.2, -0.15) is 18.4 Å². The van der Waals surface area contributed by atoms with E-state index in [0.29, 0.717) is 55.7 Å². The van der Waals surface area contributed by atoms with Gasteiger partial charge in [-0.05, 0) is 99.6 Å². The second-order valence-corrected chi connectivity index (χ2v) is 16.8. The van der Waals surface area contributed by atoms with E-state index in [1.54, 1.807) is 41.4 Å². The maximum atomic E-state index is 13.5. The molecular formula is C43H45F3N8O6. The van der Waals surface area contributed by atoms with Crippen LogP contribution < -0.4 is 25.2 Å². The molecule has 6 heterocycles. The van der Waals surface area contributed by atoms with Gasteiger partial charge in [0, 0.05) is 61.9 Å². The first-order chi connectivity index (χ1) is 28.7. The number of halogens is 3. The molecule has 8 rings (SSSR count). The van der Waals surface area contributed by atoms with Gasteiger partial charge in [0.25, 0.3) is 11.8 Å². The molecule has 0 spiro atoms. The summed E-state index contributed by atoms with van der Waals surface area (Å²) in [6, 6.07) is 13.0. The van der Waals surface area contributed by atoms with Gasteiger partial charge in [0.05, 0.1) is 41.1 Å². The van der Waals surface area contributed by atoms with Gasteiger partial charge < -0.3 is 24.8 Å². The molecule has 17 heteroatoms. The zero-order valence-corrected chi connectivity index (χ0v) is 33.1. The van der Waals surface area contributed by atoms with Gasteiger partial charge in [0.1, 0.15) is 17.6 Å². The third-order valence-electron chi connectivity index (χ3n) is 12.4. The molecule has 1 atom stereocenters. The van der Waals surface area contributed by atoms with Crippen molar-refractivity contribution in [3.8, 4) is 11.8 Å². The molecule has 5 amide bonds. The Bertz CT molecular complexity index is 2240. The maximum absolute atomic E-state index is 13.5. The Morgan fingerprint density at radius 1 is 0.917 bits per heavy atom. The van der Waals surface area contributed by atoms with Crippen molar-refractivity contribution < 1.29 is 41.9 Å². The second kappa shape index (κ2) is 16.2. The molecular weight excluding hydrogens is 782 g/mol. The topological polar surface area (TPSA) is 168 Å². The molecule has 314 valence electrons. The maximum Gasteiger partial charge on any atom is 0.417 e. The van der Waals surface area contributed by atoms with Crippen LogP contribution in [0, 0.1) is 28.6 Å². The van der Waals surface area contributed by atoms with E-state index >= 15 is 0 Å². The van der Waals surface area contributed by atoms with Gasteiger partial charge in [0.2, 0.25) is 17.7 Å². The number of nitriles is 1. The summed E-state index contributed by atoms with van der Waals surface area (Å²) in [7, 11) is 0. The summed E-state index contributed by atoms with van der Waals surface area (Å²) >= 11 is 0. The number of pyridine rings is 1. The molecule has 3 aromatic rings. The second-order valence-electron chi connectivity index (χ2n) is 16.8. The van der Waals surface area contributed by atoms with E-state index in [4.69, 9.17) is 10.00 Å². The van der Waals surface area contributed by atoms with Crippen LogP contribution in [0.4, 0.5) is 30.4 Å². The van der Waals surface area contributed by atoms with Crippen LogP contribution >= 0.6 is 0 Å². The molecule has 14 nitrogen and oxygen atoms in total. The Morgan fingerprint density at radius 3 is 2.28 bits per heavy atom. The third kappa shape index (κ3) is 8.38. The highest BCUT2D eigenvalue weighted by molar-refractivity contribution is 6.23. The molecule has 0 aliphatic carbocycles.